The molecule has 0 aliphatic heterocycles. The fourth-order valence-electron chi connectivity index (χ4n) is 1.21. The minimum absolute atomic E-state index is 0.362. The summed E-state index contributed by atoms with van der Waals surface area (Å²) in [6.07, 6.45) is 14.1. The maximum absolute atomic E-state index is 4.30. The molecule has 0 bridgehead atoms. The zero-order chi connectivity index (χ0) is 10.9. The lowest BCUT2D eigenvalue weighted by molar-refractivity contribution is 0.907. The van der Waals surface area contributed by atoms with Gasteiger partial charge in [0.05, 0.1) is 0 Å². The van der Waals surface area contributed by atoms with Crippen LogP contribution in [0.1, 0.15) is 25.5 Å². The summed E-state index contributed by atoms with van der Waals surface area (Å²) in [5, 5.41) is 0. The molecule has 1 nitrogen and oxygen atoms in total. The summed E-state index contributed by atoms with van der Waals surface area (Å²) in [7, 11) is 0. The molecule has 1 heteroatoms. The monoisotopic (exact) mass is 199 g/mol. The van der Waals surface area contributed by atoms with Crippen LogP contribution in [-0.4, -0.2) is 4.98 Å². The van der Waals surface area contributed by atoms with Crippen molar-refractivity contribution in [3.05, 3.63) is 66.5 Å². The van der Waals surface area contributed by atoms with Crippen LogP contribution in [0.3, 0.4) is 0 Å². The van der Waals surface area contributed by atoms with Gasteiger partial charge < -0.3 is 0 Å². The van der Waals surface area contributed by atoms with Crippen molar-refractivity contribution in [2.75, 3.05) is 0 Å². The number of hydrogen-bond donors (Lipinski definition) is 0. The summed E-state index contributed by atoms with van der Waals surface area (Å²) in [6, 6.07) is 6.00. The van der Waals surface area contributed by atoms with Gasteiger partial charge in [0.15, 0.2) is 0 Å². The van der Waals surface area contributed by atoms with Crippen LogP contribution in [0, 0.1) is 0 Å². The fourth-order valence-corrected chi connectivity index (χ4v) is 1.21. The quantitative estimate of drug-likeness (QED) is 0.671. The number of allylic oxidation sites excluding steroid dienone is 6. The molecule has 1 aromatic rings. The first-order chi connectivity index (χ1) is 7.34. The third-order valence-corrected chi connectivity index (χ3v) is 2.08. The van der Waals surface area contributed by atoms with E-state index < -0.39 is 0 Å². The maximum atomic E-state index is 4.30. The molecule has 0 saturated heterocycles. The van der Waals surface area contributed by atoms with Crippen molar-refractivity contribution in [2.24, 2.45) is 0 Å². The van der Waals surface area contributed by atoms with Gasteiger partial charge in [-0.05, 0) is 19.1 Å². The SMILES string of the molecule is C\C=C/C=C/C=C/[C@@H](C)c1ccccn1. The number of hydrogen-bond acceptors (Lipinski definition) is 1. The van der Waals surface area contributed by atoms with Crippen LogP contribution in [0.5, 0.6) is 0 Å². The Morgan fingerprint density at radius 2 is 1.93 bits per heavy atom. The van der Waals surface area contributed by atoms with Crippen molar-refractivity contribution in [3.8, 4) is 0 Å². The molecule has 1 rings (SSSR count). The van der Waals surface area contributed by atoms with E-state index in [1.165, 1.54) is 0 Å². The Morgan fingerprint density at radius 1 is 1.13 bits per heavy atom. The summed E-state index contributed by atoms with van der Waals surface area (Å²) < 4.78 is 0. The maximum Gasteiger partial charge on any atom is 0.0469 e. The zero-order valence-electron chi connectivity index (χ0n) is 9.30. The van der Waals surface area contributed by atoms with Crippen molar-refractivity contribution in [1.82, 2.24) is 4.98 Å². The van der Waals surface area contributed by atoms with E-state index in [2.05, 4.69) is 24.1 Å². The Morgan fingerprint density at radius 3 is 2.60 bits per heavy atom. The van der Waals surface area contributed by atoms with Crippen LogP contribution in [0.4, 0.5) is 0 Å². The molecule has 0 saturated carbocycles. The molecule has 0 aliphatic carbocycles. The molecular weight excluding hydrogens is 182 g/mol. The van der Waals surface area contributed by atoms with Crippen molar-refractivity contribution in [3.63, 3.8) is 0 Å². The molecular formula is C14H17N. The summed E-state index contributed by atoms with van der Waals surface area (Å²) >= 11 is 0. The highest BCUT2D eigenvalue weighted by molar-refractivity contribution is 5.18. The minimum atomic E-state index is 0.362. The smallest absolute Gasteiger partial charge is 0.0469 e. The van der Waals surface area contributed by atoms with Gasteiger partial charge in [0.2, 0.25) is 0 Å². The standard InChI is InChI=1S/C14H17N/c1-3-4-5-6-7-10-13(2)14-11-8-9-12-15-14/h3-13H,1-2H3/b4-3-,6-5+,10-7+/t13-/m1/s1. The minimum Gasteiger partial charge on any atom is -0.261 e. The number of pyridine rings is 1. The Balaban J connectivity index is 2.52. The molecule has 1 aromatic heterocycles. The number of nitrogens with zero attached hydrogens (tertiary/aromatic N) is 1. The second kappa shape index (κ2) is 6.77. The average molecular weight is 199 g/mol. The van der Waals surface area contributed by atoms with Gasteiger partial charge in [-0.15, -0.1) is 0 Å². The second-order valence-corrected chi connectivity index (χ2v) is 3.34. The van der Waals surface area contributed by atoms with E-state index >= 15 is 0 Å². The highest BCUT2D eigenvalue weighted by Crippen LogP contribution is 2.12. The summed E-state index contributed by atoms with van der Waals surface area (Å²) in [5.41, 5.74) is 1.10. The largest absolute Gasteiger partial charge is 0.261 e. The lowest BCUT2D eigenvalue weighted by Crippen LogP contribution is -1.91. The van der Waals surface area contributed by atoms with E-state index in [0.29, 0.717) is 5.92 Å². The summed E-state index contributed by atoms with van der Waals surface area (Å²) in [5.74, 6) is 0.362. The fraction of sp³-hybridized carbons (Fsp3) is 0.214. The molecule has 0 fully saturated rings. The van der Waals surface area contributed by atoms with Gasteiger partial charge in [-0.1, -0.05) is 49.4 Å². The zero-order valence-corrected chi connectivity index (χ0v) is 9.30. The molecule has 78 valence electrons. The molecule has 1 heterocycles. The normalized spacial score (nSPS) is 14.3. The Labute approximate surface area is 91.9 Å². The molecule has 0 aromatic carbocycles. The third-order valence-electron chi connectivity index (χ3n) is 2.08. The van der Waals surface area contributed by atoms with Crippen molar-refractivity contribution >= 4 is 0 Å². The highest BCUT2D eigenvalue weighted by Gasteiger charge is 1.99. The van der Waals surface area contributed by atoms with Crippen molar-refractivity contribution in [2.45, 2.75) is 19.8 Å². The second-order valence-electron chi connectivity index (χ2n) is 3.34. The Bertz CT molecular complexity index is 347. The van der Waals surface area contributed by atoms with Crippen LogP contribution in [0.2, 0.25) is 0 Å². The first kappa shape index (κ1) is 11.4. The first-order valence-electron chi connectivity index (χ1n) is 5.21. The van der Waals surface area contributed by atoms with Gasteiger partial charge in [-0.2, -0.15) is 0 Å². The predicted octanol–water partition coefficient (Wildman–Crippen LogP) is 3.87. The lowest BCUT2D eigenvalue weighted by atomic mass is 10.1. The van der Waals surface area contributed by atoms with Crippen LogP contribution >= 0.6 is 0 Å². The van der Waals surface area contributed by atoms with Gasteiger partial charge >= 0.3 is 0 Å². The van der Waals surface area contributed by atoms with Crippen LogP contribution in [0.15, 0.2) is 60.9 Å². The van der Waals surface area contributed by atoms with Crippen molar-refractivity contribution < 1.29 is 0 Å². The van der Waals surface area contributed by atoms with Crippen LogP contribution < -0.4 is 0 Å². The van der Waals surface area contributed by atoms with Crippen LogP contribution in [-0.2, 0) is 0 Å². The van der Waals surface area contributed by atoms with Crippen LogP contribution in [0.25, 0.3) is 0 Å². The van der Waals surface area contributed by atoms with Gasteiger partial charge in [0.1, 0.15) is 0 Å². The molecule has 0 N–H and O–H groups in total. The summed E-state index contributed by atoms with van der Waals surface area (Å²) in [4.78, 5) is 4.30. The predicted molar refractivity (Wildman–Crippen MR) is 65.7 cm³/mol. The molecule has 0 aliphatic rings. The van der Waals surface area contributed by atoms with Gasteiger partial charge in [-0.25, -0.2) is 0 Å². The summed E-state index contributed by atoms with van der Waals surface area (Å²) in [6.45, 7) is 4.15. The van der Waals surface area contributed by atoms with Crippen molar-refractivity contribution in [1.29, 1.82) is 0 Å². The first-order valence-corrected chi connectivity index (χ1v) is 5.21. The van der Waals surface area contributed by atoms with E-state index in [9.17, 15) is 0 Å². The number of aromatic nitrogens is 1. The Hall–Kier alpha value is -1.63. The third kappa shape index (κ3) is 4.41. The molecule has 0 unspecified atom stereocenters. The van der Waals surface area contributed by atoms with Gasteiger partial charge in [0, 0.05) is 17.8 Å². The van der Waals surface area contributed by atoms with Gasteiger partial charge in [-0.3, -0.25) is 4.98 Å². The van der Waals surface area contributed by atoms with E-state index in [1.807, 2.05) is 55.6 Å². The molecule has 15 heavy (non-hydrogen) atoms. The number of rotatable bonds is 4. The topological polar surface area (TPSA) is 12.9 Å². The average Bonchev–Trinajstić information content (AvgIpc) is 2.30. The van der Waals surface area contributed by atoms with Gasteiger partial charge in [0.25, 0.3) is 0 Å². The molecule has 0 amide bonds. The molecule has 1 atom stereocenters. The molecule has 0 radical (unpaired) electrons. The van der Waals surface area contributed by atoms with E-state index in [-0.39, 0.29) is 0 Å². The van der Waals surface area contributed by atoms with E-state index in [4.69, 9.17) is 0 Å². The Kier molecular flexibility index (Phi) is 5.16. The lowest BCUT2D eigenvalue weighted by Gasteiger charge is -2.03. The molecule has 0 spiro atoms. The van der Waals surface area contributed by atoms with E-state index in [1.54, 1.807) is 0 Å². The van der Waals surface area contributed by atoms with E-state index in [0.717, 1.165) is 5.69 Å². The highest BCUT2D eigenvalue weighted by atomic mass is 14.7.